The molecule has 0 amide bonds. The summed E-state index contributed by atoms with van der Waals surface area (Å²) in [5.74, 6) is 1.43. The summed E-state index contributed by atoms with van der Waals surface area (Å²) < 4.78 is 3.36. The van der Waals surface area contributed by atoms with Gasteiger partial charge in [0.05, 0.1) is 16.9 Å². The zero-order valence-corrected chi connectivity index (χ0v) is 13.1. The molecule has 0 saturated carbocycles. The van der Waals surface area contributed by atoms with E-state index in [1.54, 1.807) is 0 Å². The van der Waals surface area contributed by atoms with Gasteiger partial charge in [-0.15, -0.1) is 11.6 Å². The largest absolute Gasteiger partial charge is 0.324 e. The van der Waals surface area contributed by atoms with Crippen LogP contribution >= 0.6 is 27.5 Å². The van der Waals surface area contributed by atoms with E-state index >= 15 is 0 Å². The lowest BCUT2D eigenvalue weighted by molar-refractivity contribution is 0.485. The number of fused-ring (bicyclic) bond motifs is 1. The molecule has 18 heavy (non-hydrogen) atoms. The van der Waals surface area contributed by atoms with Crippen LogP contribution in [0.3, 0.4) is 0 Å². The lowest BCUT2D eigenvalue weighted by Crippen LogP contribution is -2.08. The van der Waals surface area contributed by atoms with Crippen LogP contribution in [-0.4, -0.2) is 9.55 Å². The maximum atomic E-state index is 6.03. The monoisotopic (exact) mass is 328 g/mol. The Bertz CT molecular complexity index is 536. The molecule has 0 N–H and O–H groups in total. The van der Waals surface area contributed by atoms with Crippen molar-refractivity contribution in [3.8, 4) is 0 Å². The Morgan fingerprint density at radius 2 is 2.22 bits per heavy atom. The van der Waals surface area contributed by atoms with Gasteiger partial charge in [-0.2, -0.15) is 0 Å². The van der Waals surface area contributed by atoms with Gasteiger partial charge in [-0.1, -0.05) is 35.7 Å². The van der Waals surface area contributed by atoms with Crippen molar-refractivity contribution in [2.75, 3.05) is 0 Å². The predicted molar refractivity (Wildman–Crippen MR) is 81.2 cm³/mol. The Hall–Kier alpha value is -0.540. The van der Waals surface area contributed by atoms with E-state index < -0.39 is 0 Å². The molecule has 98 valence electrons. The van der Waals surface area contributed by atoms with Crippen molar-refractivity contribution >= 4 is 38.6 Å². The van der Waals surface area contributed by atoms with Crippen LogP contribution in [0.1, 0.15) is 45.0 Å². The second kappa shape index (κ2) is 6.07. The van der Waals surface area contributed by atoms with Crippen LogP contribution in [0.4, 0.5) is 0 Å². The van der Waals surface area contributed by atoms with Crippen LogP contribution in [0.5, 0.6) is 0 Å². The third-order valence-corrected chi connectivity index (χ3v) is 3.99. The minimum atomic E-state index is 0.443. The highest BCUT2D eigenvalue weighted by atomic mass is 79.9. The molecular formula is C14H18BrClN2. The van der Waals surface area contributed by atoms with Gasteiger partial charge in [-0.3, -0.25) is 0 Å². The van der Waals surface area contributed by atoms with Crippen LogP contribution in [0, 0.1) is 0 Å². The molecule has 1 unspecified atom stereocenters. The molecule has 0 spiro atoms. The van der Waals surface area contributed by atoms with E-state index in [-0.39, 0.29) is 0 Å². The topological polar surface area (TPSA) is 17.8 Å². The molecule has 0 aliphatic heterocycles. The van der Waals surface area contributed by atoms with Crippen molar-refractivity contribution in [1.29, 1.82) is 0 Å². The zero-order valence-electron chi connectivity index (χ0n) is 10.8. The number of hydrogen-bond acceptors (Lipinski definition) is 1. The second-order valence-corrected chi connectivity index (χ2v) is 5.84. The lowest BCUT2D eigenvalue weighted by Gasteiger charge is -2.16. The van der Waals surface area contributed by atoms with Crippen molar-refractivity contribution in [3.63, 3.8) is 0 Å². The molecule has 0 saturated heterocycles. The quantitative estimate of drug-likeness (QED) is 0.682. The van der Waals surface area contributed by atoms with Crippen molar-refractivity contribution in [2.24, 2.45) is 0 Å². The summed E-state index contributed by atoms with van der Waals surface area (Å²) in [6.45, 7) is 4.46. The molecule has 2 rings (SSSR count). The first-order valence-electron chi connectivity index (χ1n) is 6.39. The van der Waals surface area contributed by atoms with Gasteiger partial charge < -0.3 is 4.57 Å². The lowest BCUT2D eigenvalue weighted by atomic mass is 10.1. The summed E-state index contributed by atoms with van der Waals surface area (Å²) in [6.07, 6.45) is 3.62. The Morgan fingerprint density at radius 1 is 1.44 bits per heavy atom. The molecule has 0 aliphatic rings. The number of alkyl halides is 1. The van der Waals surface area contributed by atoms with Gasteiger partial charge in [0.2, 0.25) is 0 Å². The Balaban J connectivity index is 2.48. The molecule has 0 fully saturated rings. The maximum absolute atomic E-state index is 6.03. The Kier molecular flexibility index (Phi) is 4.68. The highest BCUT2D eigenvalue weighted by Crippen LogP contribution is 2.27. The molecule has 1 aromatic heterocycles. The average molecular weight is 330 g/mol. The van der Waals surface area contributed by atoms with Crippen LogP contribution in [-0.2, 0) is 5.88 Å². The molecule has 0 radical (unpaired) electrons. The Labute approximate surface area is 121 Å². The number of unbranched alkanes of at least 4 members (excludes halogenated alkanes) is 1. The van der Waals surface area contributed by atoms with E-state index in [1.807, 2.05) is 12.1 Å². The van der Waals surface area contributed by atoms with Gasteiger partial charge >= 0.3 is 0 Å². The van der Waals surface area contributed by atoms with E-state index in [4.69, 9.17) is 11.6 Å². The number of aromatic nitrogens is 2. The first-order valence-corrected chi connectivity index (χ1v) is 7.72. The SMILES string of the molecule is CCCCC(C)n1c(CCl)nc2ccc(Br)cc21. The highest BCUT2D eigenvalue weighted by molar-refractivity contribution is 9.10. The number of rotatable bonds is 5. The standard InChI is InChI=1S/C14H18BrClN2/c1-3-4-5-10(2)18-13-8-11(15)6-7-12(13)17-14(18)9-16/h6-8,10H,3-5,9H2,1-2H3. The van der Waals surface area contributed by atoms with Gasteiger partial charge in [0, 0.05) is 10.5 Å². The number of nitrogens with zero attached hydrogens (tertiary/aromatic N) is 2. The van der Waals surface area contributed by atoms with Crippen LogP contribution < -0.4 is 0 Å². The predicted octanol–water partition coefficient (Wildman–Crippen LogP) is 5.29. The van der Waals surface area contributed by atoms with Crippen LogP contribution in [0.25, 0.3) is 11.0 Å². The van der Waals surface area contributed by atoms with Crippen LogP contribution in [0.2, 0.25) is 0 Å². The normalized spacial score (nSPS) is 13.1. The molecule has 1 heterocycles. The zero-order chi connectivity index (χ0) is 13.1. The number of benzene rings is 1. The van der Waals surface area contributed by atoms with E-state index in [9.17, 15) is 0 Å². The van der Waals surface area contributed by atoms with E-state index in [0.29, 0.717) is 11.9 Å². The fourth-order valence-electron chi connectivity index (χ4n) is 2.33. The smallest absolute Gasteiger partial charge is 0.125 e. The second-order valence-electron chi connectivity index (χ2n) is 4.66. The summed E-state index contributed by atoms with van der Waals surface area (Å²) >= 11 is 9.55. The molecule has 2 nitrogen and oxygen atoms in total. The van der Waals surface area contributed by atoms with E-state index in [2.05, 4.69) is 45.4 Å². The van der Waals surface area contributed by atoms with Gasteiger partial charge in [0.15, 0.2) is 0 Å². The summed E-state index contributed by atoms with van der Waals surface area (Å²) in [4.78, 5) is 4.61. The fraction of sp³-hybridized carbons (Fsp3) is 0.500. The summed E-state index contributed by atoms with van der Waals surface area (Å²) in [5.41, 5.74) is 2.20. The van der Waals surface area contributed by atoms with E-state index in [1.165, 1.54) is 24.8 Å². The highest BCUT2D eigenvalue weighted by Gasteiger charge is 2.15. The Morgan fingerprint density at radius 3 is 2.89 bits per heavy atom. The van der Waals surface area contributed by atoms with Gasteiger partial charge in [0.25, 0.3) is 0 Å². The molecule has 1 atom stereocenters. The van der Waals surface area contributed by atoms with Gasteiger partial charge in [-0.05, 0) is 31.5 Å². The van der Waals surface area contributed by atoms with Crippen molar-refractivity contribution in [3.05, 3.63) is 28.5 Å². The number of imidazole rings is 1. The molecule has 2 aromatic rings. The first-order chi connectivity index (χ1) is 8.67. The number of halogens is 2. The van der Waals surface area contributed by atoms with Gasteiger partial charge in [-0.25, -0.2) is 4.98 Å². The molecular weight excluding hydrogens is 312 g/mol. The fourth-order valence-corrected chi connectivity index (χ4v) is 2.87. The first kappa shape index (κ1) is 13.9. The van der Waals surface area contributed by atoms with Crippen molar-refractivity contribution in [1.82, 2.24) is 9.55 Å². The minimum Gasteiger partial charge on any atom is -0.324 e. The third kappa shape index (κ3) is 2.72. The molecule has 0 aliphatic carbocycles. The minimum absolute atomic E-state index is 0.443. The van der Waals surface area contributed by atoms with Crippen molar-refractivity contribution in [2.45, 2.75) is 45.0 Å². The summed E-state index contributed by atoms with van der Waals surface area (Å²) in [5, 5.41) is 0. The van der Waals surface area contributed by atoms with Crippen molar-refractivity contribution < 1.29 is 0 Å². The third-order valence-electron chi connectivity index (χ3n) is 3.26. The molecule has 1 aromatic carbocycles. The molecule has 4 heteroatoms. The average Bonchev–Trinajstić information content (AvgIpc) is 2.73. The van der Waals surface area contributed by atoms with E-state index in [0.717, 1.165) is 15.8 Å². The number of hydrogen-bond donors (Lipinski definition) is 0. The van der Waals surface area contributed by atoms with Gasteiger partial charge in [0.1, 0.15) is 5.82 Å². The molecule has 0 bridgehead atoms. The van der Waals surface area contributed by atoms with Crippen LogP contribution in [0.15, 0.2) is 22.7 Å². The maximum Gasteiger partial charge on any atom is 0.125 e. The summed E-state index contributed by atoms with van der Waals surface area (Å²) in [6, 6.07) is 6.63. The summed E-state index contributed by atoms with van der Waals surface area (Å²) in [7, 11) is 0.